The Morgan fingerprint density at radius 1 is 1.08 bits per heavy atom. The molecule has 0 radical (unpaired) electrons. The van der Waals surface area contributed by atoms with Gasteiger partial charge in [0.25, 0.3) is 5.56 Å². The van der Waals surface area contributed by atoms with Crippen molar-refractivity contribution >= 4 is 12.0 Å². The van der Waals surface area contributed by atoms with Gasteiger partial charge in [-0.3, -0.25) is 9.36 Å². The Morgan fingerprint density at radius 3 is 2.53 bits per heavy atom. The molecule has 1 saturated carbocycles. The van der Waals surface area contributed by atoms with Gasteiger partial charge in [0, 0.05) is 5.92 Å². The number of hydrogen-bond donors (Lipinski definition) is 0. The van der Waals surface area contributed by atoms with Crippen LogP contribution in [0.1, 0.15) is 69.2 Å². The van der Waals surface area contributed by atoms with E-state index in [1.807, 2.05) is 60.7 Å². The quantitative estimate of drug-likeness (QED) is 0.367. The Labute approximate surface area is 222 Å². The van der Waals surface area contributed by atoms with Gasteiger partial charge in [-0.15, -0.1) is 0 Å². The van der Waals surface area contributed by atoms with Crippen LogP contribution in [0.3, 0.4) is 0 Å². The van der Waals surface area contributed by atoms with Gasteiger partial charge in [-0.05, 0) is 56.9 Å². The van der Waals surface area contributed by atoms with E-state index in [9.17, 15) is 14.4 Å². The van der Waals surface area contributed by atoms with Gasteiger partial charge in [0.15, 0.2) is 5.60 Å². The van der Waals surface area contributed by atoms with Crippen LogP contribution in [0.15, 0.2) is 70.3 Å². The van der Waals surface area contributed by atoms with Crippen LogP contribution in [0, 0.1) is 0 Å². The first-order valence-electron chi connectivity index (χ1n) is 13.2. The van der Waals surface area contributed by atoms with Crippen molar-refractivity contribution in [2.45, 2.75) is 71.1 Å². The summed E-state index contributed by atoms with van der Waals surface area (Å²) in [5.41, 5.74) is 0.351. The topological polar surface area (TPSA) is 92.4 Å². The number of allylic oxidation sites excluding steroid dienone is 1. The van der Waals surface area contributed by atoms with Gasteiger partial charge >= 0.3 is 11.7 Å². The molecule has 38 heavy (non-hydrogen) atoms. The van der Waals surface area contributed by atoms with Crippen LogP contribution >= 0.6 is 0 Å². The highest BCUT2D eigenvalue weighted by molar-refractivity contribution is 5.79. The van der Waals surface area contributed by atoms with Gasteiger partial charge in [0.05, 0.1) is 19.7 Å². The van der Waals surface area contributed by atoms with Crippen LogP contribution in [0.5, 0.6) is 5.75 Å². The monoisotopic (exact) mass is 517 g/mol. The Morgan fingerprint density at radius 2 is 1.82 bits per heavy atom. The standard InChI is InChI=1S/C30H35N3O5/c1-4-37-28(35)30(2,3)38-25-18-10-14-22(20-25)15-11-19-33-29(36)32(21-23-12-6-5-7-13-23)27(34)26(31-33)24-16-8-9-17-24/h5-7,10-15,18,20,24H,4,8-9,16-17,19,21H2,1-3H3. The van der Waals surface area contributed by atoms with Crippen molar-refractivity contribution in [3.63, 3.8) is 0 Å². The number of hydrogen-bond acceptors (Lipinski definition) is 6. The highest BCUT2D eigenvalue weighted by Gasteiger charge is 2.31. The third kappa shape index (κ3) is 6.49. The summed E-state index contributed by atoms with van der Waals surface area (Å²) in [4.78, 5) is 38.8. The van der Waals surface area contributed by atoms with Crippen LogP contribution in [-0.4, -0.2) is 32.5 Å². The van der Waals surface area contributed by atoms with Crippen LogP contribution in [0.4, 0.5) is 0 Å². The number of carbonyl (C=O) groups is 1. The lowest BCUT2D eigenvalue weighted by Gasteiger charge is -2.24. The van der Waals surface area contributed by atoms with Gasteiger partial charge in [0.1, 0.15) is 11.4 Å². The Balaban J connectivity index is 1.57. The maximum atomic E-state index is 13.3. The van der Waals surface area contributed by atoms with Crippen molar-refractivity contribution in [3.8, 4) is 5.75 Å². The summed E-state index contributed by atoms with van der Waals surface area (Å²) in [6.07, 6.45) is 7.65. The molecule has 8 nitrogen and oxygen atoms in total. The highest BCUT2D eigenvalue weighted by Crippen LogP contribution is 2.31. The molecule has 3 aromatic rings. The zero-order chi connectivity index (χ0) is 27.1. The summed E-state index contributed by atoms with van der Waals surface area (Å²) in [7, 11) is 0. The Kier molecular flexibility index (Phi) is 8.61. The van der Waals surface area contributed by atoms with E-state index in [1.165, 1.54) is 9.25 Å². The van der Waals surface area contributed by atoms with Gasteiger partial charge in [-0.1, -0.05) is 67.5 Å². The summed E-state index contributed by atoms with van der Waals surface area (Å²) in [6, 6.07) is 16.8. The first kappa shape index (κ1) is 27.1. The van der Waals surface area contributed by atoms with Crippen LogP contribution in [-0.2, 0) is 22.6 Å². The van der Waals surface area contributed by atoms with Crippen LogP contribution in [0.25, 0.3) is 6.08 Å². The molecule has 0 atom stereocenters. The molecule has 2 aromatic carbocycles. The summed E-state index contributed by atoms with van der Waals surface area (Å²) < 4.78 is 13.7. The number of esters is 1. The predicted octanol–water partition coefficient (Wildman–Crippen LogP) is 4.54. The summed E-state index contributed by atoms with van der Waals surface area (Å²) in [5, 5.41) is 4.53. The maximum absolute atomic E-state index is 13.3. The van der Waals surface area contributed by atoms with Gasteiger partial charge in [0.2, 0.25) is 0 Å². The van der Waals surface area contributed by atoms with E-state index in [1.54, 1.807) is 26.8 Å². The normalized spacial score (nSPS) is 14.2. The number of rotatable bonds is 10. The van der Waals surface area contributed by atoms with E-state index >= 15 is 0 Å². The molecule has 0 N–H and O–H groups in total. The number of carbonyl (C=O) groups excluding carboxylic acids is 1. The number of nitrogens with zero attached hydrogens (tertiary/aromatic N) is 3. The van der Waals surface area contributed by atoms with Crippen LogP contribution in [0.2, 0.25) is 0 Å². The minimum atomic E-state index is -1.13. The average Bonchev–Trinajstić information content (AvgIpc) is 3.43. The van der Waals surface area contributed by atoms with Gasteiger partial charge < -0.3 is 9.47 Å². The zero-order valence-corrected chi connectivity index (χ0v) is 22.3. The lowest BCUT2D eigenvalue weighted by molar-refractivity contribution is -0.158. The molecule has 1 aromatic heterocycles. The van der Waals surface area contributed by atoms with Crippen molar-refractivity contribution in [1.82, 2.24) is 14.3 Å². The number of ether oxygens (including phenoxy) is 2. The molecule has 0 saturated heterocycles. The van der Waals surface area contributed by atoms with Gasteiger partial charge in [-0.25, -0.2) is 14.3 Å². The third-order valence-electron chi connectivity index (χ3n) is 6.66. The second kappa shape index (κ2) is 12.1. The zero-order valence-electron chi connectivity index (χ0n) is 22.3. The van der Waals surface area contributed by atoms with Crippen molar-refractivity contribution in [3.05, 3.63) is 98.3 Å². The number of aromatic nitrogens is 3. The van der Waals surface area contributed by atoms with Crippen LogP contribution < -0.4 is 16.0 Å². The fourth-order valence-electron chi connectivity index (χ4n) is 4.67. The van der Waals surface area contributed by atoms with E-state index in [-0.39, 0.29) is 31.2 Å². The summed E-state index contributed by atoms with van der Waals surface area (Å²) >= 11 is 0. The Hall–Kier alpha value is -3.94. The molecule has 4 rings (SSSR count). The molecule has 0 spiro atoms. The molecule has 1 aliphatic carbocycles. The van der Waals surface area contributed by atoms with Crippen molar-refractivity contribution in [2.75, 3.05) is 6.61 Å². The molecule has 1 heterocycles. The van der Waals surface area contributed by atoms with E-state index in [0.29, 0.717) is 11.4 Å². The molecule has 1 fully saturated rings. The molecule has 0 amide bonds. The molecule has 200 valence electrons. The maximum Gasteiger partial charge on any atom is 0.349 e. The fourth-order valence-corrected chi connectivity index (χ4v) is 4.67. The molecule has 8 heteroatoms. The van der Waals surface area contributed by atoms with Gasteiger partial charge in [-0.2, -0.15) is 5.10 Å². The lowest BCUT2D eigenvalue weighted by atomic mass is 10.0. The third-order valence-corrected chi connectivity index (χ3v) is 6.66. The SMILES string of the molecule is CCOC(=O)C(C)(C)Oc1cccc(C=CCn2nc(C3CCCC3)c(=O)n(Cc3ccccc3)c2=O)c1. The molecular formula is C30H35N3O5. The molecule has 0 unspecified atom stereocenters. The second-order valence-electron chi connectivity index (χ2n) is 10.0. The predicted molar refractivity (Wildman–Crippen MR) is 146 cm³/mol. The highest BCUT2D eigenvalue weighted by atomic mass is 16.6. The largest absolute Gasteiger partial charge is 0.476 e. The first-order valence-corrected chi connectivity index (χ1v) is 13.2. The molecule has 0 bridgehead atoms. The second-order valence-corrected chi connectivity index (χ2v) is 10.0. The average molecular weight is 518 g/mol. The van der Waals surface area contributed by atoms with E-state index in [0.717, 1.165) is 36.8 Å². The summed E-state index contributed by atoms with van der Waals surface area (Å²) in [5.74, 6) is 0.174. The minimum absolute atomic E-state index is 0.0805. The number of benzene rings is 2. The molecule has 0 aliphatic heterocycles. The minimum Gasteiger partial charge on any atom is -0.476 e. The molecule has 1 aliphatic rings. The van der Waals surface area contributed by atoms with E-state index in [2.05, 4.69) is 5.10 Å². The smallest absolute Gasteiger partial charge is 0.349 e. The van der Waals surface area contributed by atoms with E-state index < -0.39 is 17.3 Å². The van der Waals surface area contributed by atoms with Crippen molar-refractivity contribution in [2.24, 2.45) is 0 Å². The van der Waals surface area contributed by atoms with Crippen molar-refractivity contribution < 1.29 is 14.3 Å². The first-order chi connectivity index (χ1) is 18.3. The summed E-state index contributed by atoms with van der Waals surface area (Å²) in [6.45, 7) is 5.79. The molecular weight excluding hydrogens is 482 g/mol. The van der Waals surface area contributed by atoms with Crippen molar-refractivity contribution in [1.29, 1.82) is 0 Å². The lowest BCUT2D eigenvalue weighted by Crippen LogP contribution is -2.44. The Bertz CT molecular complexity index is 1400. The van der Waals surface area contributed by atoms with E-state index in [4.69, 9.17) is 9.47 Å². The fraction of sp³-hybridized carbons (Fsp3) is 0.400.